The van der Waals surface area contributed by atoms with Crippen molar-refractivity contribution in [3.8, 4) is 0 Å². The van der Waals surface area contributed by atoms with Gasteiger partial charge in [0, 0.05) is 5.92 Å². The monoisotopic (exact) mass is 334 g/mol. The maximum atomic E-state index is 12.8. The summed E-state index contributed by atoms with van der Waals surface area (Å²) in [7, 11) is 0. The van der Waals surface area contributed by atoms with Crippen LogP contribution < -0.4 is 0 Å². The van der Waals surface area contributed by atoms with Crippen LogP contribution in [0.4, 0.5) is 0 Å². The quantitative estimate of drug-likeness (QED) is 0.767. The molecular formula is C22H22O3. The number of benzene rings is 2. The number of carbonyl (C=O) groups is 1. The molecule has 0 bridgehead atoms. The number of hydrogen-bond donors (Lipinski definition) is 0. The zero-order valence-electron chi connectivity index (χ0n) is 14.7. The van der Waals surface area contributed by atoms with Crippen molar-refractivity contribution in [3.05, 3.63) is 77.4 Å². The van der Waals surface area contributed by atoms with Gasteiger partial charge in [-0.25, -0.2) is 4.79 Å². The topological polar surface area (TPSA) is 35.5 Å². The summed E-state index contributed by atoms with van der Waals surface area (Å²) in [5.74, 6) is -0.138. The minimum Gasteiger partial charge on any atom is -0.451 e. The zero-order chi connectivity index (χ0) is 17.6. The lowest BCUT2D eigenvalue weighted by Gasteiger charge is -2.45. The predicted octanol–water partition coefficient (Wildman–Crippen LogP) is 4.34. The van der Waals surface area contributed by atoms with Gasteiger partial charge >= 0.3 is 5.97 Å². The van der Waals surface area contributed by atoms with E-state index >= 15 is 0 Å². The van der Waals surface area contributed by atoms with Crippen molar-refractivity contribution >= 4 is 11.5 Å². The van der Waals surface area contributed by atoms with Crippen LogP contribution >= 0.6 is 0 Å². The van der Waals surface area contributed by atoms with E-state index in [2.05, 4.69) is 13.8 Å². The Labute approximate surface area is 148 Å². The Kier molecular flexibility index (Phi) is 3.77. The summed E-state index contributed by atoms with van der Waals surface area (Å²) in [5, 5.41) is 0. The van der Waals surface area contributed by atoms with Gasteiger partial charge in [-0.05, 0) is 30.5 Å². The smallest absolute Gasteiger partial charge is 0.339 e. The van der Waals surface area contributed by atoms with Gasteiger partial charge in [0.2, 0.25) is 0 Å². The van der Waals surface area contributed by atoms with Gasteiger partial charge in [-0.1, -0.05) is 67.6 Å². The lowest BCUT2D eigenvalue weighted by atomic mass is 9.75. The number of fused-ring (bicyclic) bond motifs is 1. The van der Waals surface area contributed by atoms with Crippen LogP contribution in [0.25, 0.3) is 5.57 Å². The van der Waals surface area contributed by atoms with Crippen molar-refractivity contribution in [2.75, 3.05) is 0 Å². The van der Waals surface area contributed by atoms with Crippen LogP contribution in [0.1, 0.15) is 31.9 Å². The molecule has 25 heavy (non-hydrogen) atoms. The summed E-state index contributed by atoms with van der Waals surface area (Å²) in [5.41, 5.74) is 3.02. The average molecular weight is 334 g/mol. The highest BCUT2D eigenvalue weighted by atomic mass is 16.6. The molecule has 0 N–H and O–H groups in total. The number of hydrogen-bond acceptors (Lipinski definition) is 3. The van der Waals surface area contributed by atoms with Crippen LogP contribution in [0.15, 0.2) is 66.2 Å². The van der Waals surface area contributed by atoms with Gasteiger partial charge in [0.05, 0.1) is 11.7 Å². The van der Waals surface area contributed by atoms with Gasteiger partial charge in [0.25, 0.3) is 0 Å². The first-order chi connectivity index (χ1) is 12.0. The largest absolute Gasteiger partial charge is 0.451 e. The highest BCUT2D eigenvalue weighted by Gasteiger charge is 2.54. The summed E-state index contributed by atoms with van der Waals surface area (Å²) in [6.07, 6.45) is -0.409. The Hall–Kier alpha value is -2.39. The molecule has 1 fully saturated rings. The Morgan fingerprint density at radius 2 is 1.52 bits per heavy atom. The number of rotatable bonds is 2. The molecule has 2 heterocycles. The molecule has 2 aliphatic rings. The second-order valence-corrected chi connectivity index (χ2v) is 7.07. The second kappa shape index (κ2) is 5.85. The molecule has 0 aliphatic carbocycles. The molecule has 0 amide bonds. The van der Waals surface area contributed by atoms with E-state index in [0.29, 0.717) is 5.57 Å². The SMILES string of the molecule is C[C@@H]1O[C@](C)(c2ccccc2)[C@@H]2OC(=O)C(c3ccccc3)=C2[C@H]1C. The fourth-order valence-corrected chi connectivity index (χ4v) is 4.03. The van der Waals surface area contributed by atoms with E-state index in [1.165, 1.54) is 0 Å². The van der Waals surface area contributed by atoms with Gasteiger partial charge in [-0.3, -0.25) is 0 Å². The average Bonchev–Trinajstić information content (AvgIpc) is 2.99. The molecule has 0 radical (unpaired) electrons. The molecule has 1 saturated heterocycles. The molecule has 2 aromatic rings. The van der Waals surface area contributed by atoms with Gasteiger partial charge < -0.3 is 9.47 Å². The number of esters is 1. The molecule has 0 aromatic heterocycles. The second-order valence-electron chi connectivity index (χ2n) is 7.07. The molecule has 128 valence electrons. The van der Waals surface area contributed by atoms with Gasteiger partial charge in [0.15, 0.2) is 6.10 Å². The maximum Gasteiger partial charge on any atom is 0.339 e. The van der Waals surface area contributed by atoms with E-state index in [9.17, 15) is 4.79 Å². The molecule has 3 heteroatoms. The van der Waals surface area contributed by atoms with Gasteiger partial charge in [-0.2, -0.15) is 0 Å². The predicted molar refractivity (Wildman–Crippen MR) is 96.7 cm³/mol. The molecule has 2 aliphatic heterocycles. The first-order valence-corrected chi connectivity index (χ1v) is 8.76. The number of carbonyl (C=O) groups excluding carboxylic acids is 1. The highest BCUT2D eigenvalue weighted by Crippen LogP contribution is 2.50. The lowest BCUT2D eigenvalue weighted by molar-refractivity contribution is -0.187. The Morgan fingerprint density at radius 1 is 0.920 bits per heavy atom. The van der Waals surface area contributed by atoms with Crippen LogP contribution in [-0.4, -0.2) is 18.2 Å². The fourth-order valence-electron chi connectivity index (χ4n) is 4.03. The van der Waals surface area contributed by atoms with Crippen LogP contribution in [0, 0.1) is 5.92 Å². The third kappa shape index (κ3) is 2.42. The Balaban J connectivity index is 1.90. The van der Waals surface area contributed by atoms with Crippen molar-refractivity contribution in [1.82, 2.24) is 0 Å². The normalized spacial score (nSPS) is 31.6. The summed E-state index contributed by atoms with van der Waals surface area (Å²) >= 11 is 0. The zero-order valence-corrected chi connectivity index (χ0v) is 14.7. The van der Waals surface area contributed by atoms with Crippen LogP contribution in [0.3, 0.4) is 0 Å². The van der Waals surface area contributed by atoms with Gasteiger partial charge in [0.1, 0.15) is 5.60 Å². The molecular weight excluding hydrogens is 312 g/mol. The summed E-state index contributed by atoms with van der Waals surface area (Å²) in [6, 6.07) is 19.8. The highest BCUT2D eigenvalue weighted by molar-refractivity contribution is 6.20. The summed E-state index contributed by atoms with van der Waals surface area (Å²) in [6.45, 7) is 6.21. The third-order valence-electron chi connectivity index (χ3n) is 5.54. The number of ether oxygens (including phenoxy) is 2. The van der Waals surface area contributed by atoms with Gasteiger partial charge in [-0.15, -0.1) is 0 Å². The van der Waals surface area contributed by atoms with E-state index in [0.717, 1.165) is 16.7 Å². The molecule has 2 aromatic carbocycles. The van der Waals surface area contributed by atoms with Crippen molar-refractivity contribution in [3.63, 3.8) is 0 Å². The fraction of sp³-hybridized carbons (Fsp3) is 0.318. The third-order valence-corrected chi connectivity index (χ3v) is 5.54. The lowest BCUT2D eigenvalue weighted by Crippen LogP contribution is -2.50. The molecule has 0 unspecified atom stereocenters. The Bertz CT molecular complexity index is 825. The molecule has 4 rings (SSSR count). The molecule has 0 saturated carbocycles. The summed E-state index contributed by atoms with van der Waals surface area (Å²) < 4.78 is 12.3. The van der Waals surface area contributed by atoms with Crippen LogP contribution in [0.2, 0.25) is 0 Å². The van der Waals surface area contributed by atoms with E-state index in [-0.39, 0.29) is 18.0 Å². The van der Waals surface area contributed by atoms with Crippen molar-refractivity contribution in [2.45, 2.75) is 38.6 Å². The van der Waals surface area contributed by atoms with Crippen molar-refractivity contribution < 1.29 is 14.3 Å². The van der Waals surface area contributed by atoms with Crippen LogP contribution in [0.5, 0.6) is 0 Å². The van der Waals surface area contributed by atoms with E-state index in [1.54, 1.807) is 0 Å². The first-order valence-electron chi connectivity index (χ1n) is 8.76. The molecule has 0 spiro atoms. The van der Waals surface area contributed by atoms with E-state index in [4.69, 9.17) is 9.47 Å². The van der Waals surface area contributed by atoms with Crippen molar-refractivity contribution in [1.29, 1.82) is 0 Å². The van der Waals surface area contributed by atoms with E-state index in [1.807, 2.05) is 67.6 Å². The van der Waals surface area contributed by atoms with Crippen LogP contribution in [-0.2, 0) is 19.9 Å². The standard InChI is InChI=1S/C22H22O3/c1-14-15(2)25-22(3,17-12-8-5-9-13-17)20-18(14)19(21(23)24-20)16-10-6-4-7-11-16/h4-15,20H,1-3H3/t14-,15-,20+,22+/m0/s1. The van der Waals surface area contributed by atoms with E-state index < -0.39 is 11.7 Å². The minimum absolute atomic E-state index is 0.00957. The maximum absolute atomic E-state index is 12.8. The minimum atomic E-state index is -0.686. The first kappa shape index (κ1) is 16.1. The Morgan fingerprint density at radius 3 is 2.16 bits per heavy atom. The van der Waals surface area contributed by atoms with Crippen molar-refractivity contribution in [2.24, 2.45) is 5.92 Å². The molecule has 3 nitrogen and oxygen atoms in total. The molecule has 4 atom stereocenters. The summed E-state index contributed by atoms with van der Waals surface area (Å²) in [4.78, 5) is 12.8.